The van der Waals surface area contributed by atoms with Crippen molar-refractivity contribution in [3.05, 3.63) is 70.7 Å². The topological polar surface area (TPSA) is 96.0 Å². The fourth-order valence-corrected chi connectivity index (χ4v) is 5.27. The number of nitrogens with one attached hydrogen (secondary N) is 1. The van der Waals surface area contributed by atoms with Gasteiger partial charge in [0.2, 0.25) is 5.78 Å². The number of carbonyl (C=O) groups is 2. The van der Waals surface area contributed by atoms with E-state index in [0.717, 1.165) is 21.2 Å². The molecule has 0 aliphatic heterocycles. The SMILES string of the molecule is COc1ccc(C(=O)N[C@@H](COC(C)(C)C)C(=O)c2ccc(OC)c(-c3csc4c(C)cccc34)n2)cc1OC. The van der Waals surface area contributed by atoms with E-state index in [9.17, 15) is 9.59 Å². The lowest BCUT2D eigenvalue weighted by atomic mass is 10.0. The van der Waals surface area contributed by atoms with E-state index >= 15 is 0 Å². The van der Waals surface area contributed by atoms with E-state index in [2.05, 4.69) is 18.3 Å². The molecule has 4 aromatic rings. The van der Waals surface area contributed by atoms with E-state index in [4.69, 9.17) is 23.9 Å². The van der Waals surface area contributed by atoms with Crippen LogP contribution in [0.4, 0.5) is 0 Å². The number of benzene rings is 2. The highest BCUT2D eigenvalue weighted by Crippen LogP contribution is 2.39. The fourth-order valence-electron chi connectivity index (χ4n) is 4.24. The molecule has 2 heterocycles. The first-order valence-corrected chi connectivity index (χ1v) is 13.7. The first-order valence-electron chi connectivity index (χ1n) is 12.8. The Labute approximate surface area is 238 Å². The van der Waals surface area contributed by atoms with Crippen LogP contribution in [0.15, 0.2) is 53.9 Å². The maximum Gasteiger partial charge on any atom is 0.252 e. The van der Waals surface area contributed by atoms with Crippen LogP contribution in [-0.4, -0.2) is 56.3 Å². The van der Waals surface area contributed by atoms with E-state index in [-0.39, 0.29) is 18.1 Å². The number of fused-ring (bicyclic) bond motifs is 1. The van der Waals surface area contributed by atoms with Crippen LogP contribution in [0, 0.1) is 6.92 Å². The molecule has 1 N–H and O–H groups in total. The largest absolute Gasteiger partial charge is 0.494 e. The van der Waals surface area contributed by atoms with Crippen molar-refractivity contribution in [1.29, 1.82) is 0 Å². The molecule has 0 saturated carbocycles. The number of thiophene rings is 1. The average Bonchev–Trinajstić information content (AvgIpc) is 3.38. The van der Waals surface area contributed by atoms with Crippen molar-refractivity contribution in [2.24, 2.45) is 0 Å². The van der Waals surface area contributed by atoms with E-state index < -0.39 is 17.6 Å². The number of pyridine rings is 1. The molecule has 1 amide bonds. The number of Topliss-reactive ketones (excluding diaryl/α,β-unsaturated/α-hetero) is 1. The van der Waals surface area contributed by atoms with Crippen molar-refractivity contribution in [1.82, 2.24) is 10.3 Å². The first kappa shape index (κ1) is 29.0. The minimum atomic E-state index is -0.991. The number of aromatic nitrogens is 1. The Kier molecular flexibility index (Phi) is 8.76. The Morgan fingerprint density at radius 3 is 2.33 bits per heavy atom. The second-order valence-corrected chi connectivity index (χ2v) is 11.1. The summed E-state index contributed by atoms with van der Waals surface area (Å²) in [4.78, 5) is 31.9. The van der Waals surface area contributed by atoms with Gasteiger partial charge in [-0.05, 0) is 63.6 Å². The van der Waals surface area contributed by atoms with Crippen molar-refractivity contribution in [3.63, 3.8) is 0 Å². The maximum absolute atomic E-state index is 13.9. The molecule has 0 unspecified atom stereocenters. The van der Waals surface area contributed by atoms with Gasteiger partial charge in [-0.15, -0.1) is 11.3 Å². The number of carbonyl (C=O) groups excluding carboxylic acids is 2. The molecule has 0 bridgehead atoms. The lowest BCUT2D eigenvalue weighted by Crippen LogP contribution is -2.45. The van der Waals surface area contributed by atoms with E-state index in [1.807, 2.05) is 38.3 Å². The third-order valence-corrected chi connectivity index (χ3v) is 7.46. The molecule has 0 aliphatic carbocycles. The Hall–Kier alpha value is -3.95. The summed E-state index contributed by atoms with van der Waals surface area (Å²) in [6.07, 6.45) is 0. The van der Waals surface area contributed by atoms with Gasteiger partial charge in [-0.1, -0.05) is 18.2 Å². The van der Waals surface area contributed by atoms with Gasteiger partial charge in [-0.25, -0.2) is 4.98 Å². The monoisotopic (exact) mass is 562 g/mol. The average molecular weight is 563 g/mol. The molecule has 0 radical (unpaired) electrons. The van der Waals surface area contributed by atoms with Gasteiger partial charge >= 0.3 is 0 Å². The second-order valence-electron chi connectivity index (χ2n) is 10.2. The zero-order chi connectivity index (χ0) is 29.0. The number of rotatable bonds is 10. The van der Waals surface area contributed by atoms with Crippen LogP contribution >= 0.6 is 11.3 Å². The van der Waals surface area contributed by atoms with Crippen molar-refractivity contribution >= 4 is 33.1 Å². The highest BCUT2D eigenvalue weighted by atomic mass is 32.1. The van der Waals surface area contributed by atoms with Gasteiger partial charge in [0.1, 0.15) is 23.2 Å². The maximum atomic E-state index is 13.9. The van der Waals surface area contributed by atoms with Crippen LogP contribution in [0.3, 0.4) is 0 Å². The van der Waals surface area contributed by atoms with Gasteiger partial charge in [0.05, 0.1) is 33.5 Å². The van der Waals surface area contributed by atoms with Crippen LogP contribution in [0.1, 0.15) is 47.2 Å². The van der Waals surface area contributed by atoms with E-state index in [0.29, 0.717) is 28.5 Å². The summed E-state index contributed by atoms with van der Waals surface area (Å²) < 4.78 is 23.3. The van der Waals surface area contributed by atoms with Crippen LogP contribution in [0.2, 0.25) is 0 Å². The van der Waals surface area contributed by atoms with Crippen molar-refractivity contribution in [2.75, 3.05) is 27.9 Å². The lowest BCUT2D eigenvalue weighted by molar-refractivity contribution is -0.0114. The molecule has 210 valence electrons. The van der Waals surface area contributed by atoms with Crippen LogP contribution < -0.4 is 19.5 Å². The first-order chi connectivity index (χ1) is 19.1. The zero-order valence-electron chi connectivity index (χ0n) is 23.8. The van der Waals surface area contributed by atoms with Crippen molar-refractivity contribution in [3.8, 4) is 28.5 Å². The number of amides is 1. The second kappa shape index (κ2) is 12.1. The molecule has 0 spiro atoms. The minimum absolute atomic E-state index is 0.0367. The molecule has 0 fully saturated rings. The van der Waals surface area contributed by atoms with Gasteiger partial charge in [0.15, 0.2) is 11.5 Å². The summed E-state index contributed by atoms with van der Waals surface area (Å²) in [7, 11) is 4.59. The number of ether oxygens (including phenoxy) is 4. The minimum Gasteiger partial charge on any atom is -0.494 e. The Morgan fingerprint density at radius 2 is 1.65 bits per heavy atom. The van der Waals surface area contributed by atoms with Crippen molar-refractivity contribution < 1.29 is 28.5 Å². The highest BCUT2D eigenvalue weighted by Gasteiger charge is 2.28. The molecule has 2 aromatic heterocycles. The van der Waals surface area contributed by atoms with Gasteiger partial charge in [0, 0.05) is 26.6 Å². The summed E-state index contributed by atoms with van der Waals surface area (Å²) in [5.41, 5.74) is 2.59. The predicted molar refractivity (Wildman–Crippen MR) is 157 cm³/mol. The van der Waals surface area contributed by atoms with Crippen molar-refractivity contribution in [2.45, 2.75) is 39.3 Å². The predicted octanol–water partition coefficient (Wildman–Crippen LogP) is 6.09. The number of nitrogens with zero attached hydrogens (tertiary/aromatic N) is 1. The van der Waals surface area contributed by atoms with Crippen LogP contribution in [0.5, 0.6) is 17.2 Å². The lowest BCUT2D eigenvalue weighted by Gasteiger charge is -2.24. The number of ketones is 1. The smallest absolute Gasteiger partial charge is 0.252 e. The molecule has 0 saturated heterocycles. The number of hydrogen-bond donors (Lipinski definition) is 1. The van der Waals surface area contributed by atoms with Gasteiger partial charge in [0.25, 0.3) is 5.91 Å². The van der Waals surface area contributed by atoms with Crippen LogP contribution in [-0.2, 0) is 4.74 Å². The molecule has 9 heteroatoms. The standard InChI is InChI=1S/C31H34N2O6S/c1-18-9-8-10-20-21(17-40-29(18)20)27-25(37-6)14-12-22(32-27)28(34)23(16-39-31(2,3)4)33-30(35)19-11-13-24(36-5)26(15-19)38-7/h8-15,17,23H,16H2,1-7H3,(H,33,35)/t23-/m0/s1. The van der Waals surface area contributed by atoms with E-state index in [1.54, 1.807) is 48.8 Å². The number of methoxy groups -OCH3 is 3. The zero-order valence-corrected chi connectivity index (χ0v) is 24.6. The molecule has 2 aromatic carbocycles. The summed E-state index contributed by atoms with van der Waals surface area (Å²) in [6.45, 7) is 7.69. The highest BCUT2D eigenvalue weighted by molar-refractivity contribution is 7.18. The fraction of sp³-hybridized carbons (Fsp3) is 0.323. The summed E-state index contributed by atoms with van der Waals surface area (Å²) in [5.74, 6) is 0.620. The normalized spacial score (nSPS) is 12.2. The van der Waals surface area contributed by atoms with Gasteiger partial charge in [-0.3, -0.25) is 9.59 Å². The van der Waals surface area contributed by atoms with Crippen LogP contribution in [0.25, 0.3) is 21.3 Å². The quantitative estimate of drug-likeness (QED) is 0.234. The Balaban J connectivity index is 1.70. The molecule has 8 nitrogen and oxygen atoms in total. The number of aryl methyl sites for hydroxylation is 1. The summed E-state index contributed by atoms with van der Waals surface area (Å²) in [5, 5.41) is 5.89. The molecular formula is C31H34N2O6S. The molecule has 1 atom stereocenters. The Morgan fingerprint density at radius 1 is 0.950 bits per heavy atom. The molecule has 0 aliphatic rings. The third kappa shape index (κ3) is 6.26. The molecule has 40 heavy (non-hydrogen) atoms. The third-order valence-electron chi connectivity index (χ3n) is 6.33. The van der Waals surface area contributed by atoms with E-state index in [1.165, 1.54) is 14.2 Å². The summed E-state index contributed by atoms with van der Waals surface area (Å²) >= 11 is 1.62. The number of hydrogen-bond acceptors (Lipinski definition) is 8. The summed E-state index contributed by atoms with van der Waals surface area (Å²) in [6, 6.07) is 13.3. The molecule has 4 rings (SSSR count). The Bertz CT molecular complexity index is 1540. The van der Waals surface area contributed by atoms with Gasteiger partial charge in [-0.2, -0.15) is 0 Å². The molecular weight excluding hydrogens is 528 g/mol. The van der Waals surface area contributed by atoms with Gasteiger partial charge < -0.3 is 24.3 Å².